The fraction of sp³-hybridized carbons (Fsp3) is 0.389. The highest BCUT2D eigenvalue weighted by atomic mass is 16.5. The maximum Gasteiger partial charge on any atom is 0.276 e. The number of anilines is 2. The van der Waals surface area contributed by atoms with Gasteiger partial charge in [0.2, 0.25) is 0 Å². The number of hydrogen-bond donors (Lipinski definition) is 2. The predicted octanol–water partition coefficient (Wildman–Crippen LogP) is 3.10. The lowest BCUT2D eigenvalue weighted by atomic mass is 9.93. The van der Waals surface area contributed by atoms with Crippen LogP contribution in [0.2, 0.25) is 0 Å². The molecule has 2 aromatic rings. The van der Waals surface area contributed by atoms with Crippen molar-refractivity contribution in [3.8, 4) is 0 Å². The van der Waals surface area contributed by atoms with Gasteiger partial charge in [0, 0.05) is 18.8 Å². The Bertz CT molecular complexity index is 660. The van der Waals surface area contributed by atoms with Crippen molar-refractivity contribution < 1.29 is 9.53 Å². The third-order valence-corrected chi connectivity index (χ3v) is 4.24. The molecule has 6 nitrogen and oxygen atoms in total. The van der Waals surface area contributed by atoms with Crippen molar-refractivity contribution in [2.45, 2.75) is 37.8 Å². The molecule has 6 heteroatoms. The largest absolute Gasteiger partial charge is 0.381 e. The number of aromatic nitrogens is 2. The van der Waals surface area contributed by atoms with E-state index in [1.54, 1.807) is 19.2 Å². The Kier molecular flexibility index (Phi) is 5.38. The number of nitrogens with zero attached hydrogens (tertiary/aromatic N) is 2. The molecule has 0 saturated heterocycles. The van der Waals surface area contributed by atoms with Gasteiger partial charge in [-0.15, -0.1) is 10.2 Å². The van der Waals surface area contributed by atoms with Gasteiger partial charge < -0.3 is 15.4 Å². The first-order valence-electron chi connectivity index (χ1n) is 8.24. The molecule has 1 fully saturated rings. The zero-order valence-electron chi connectivity index (χ0n) is 13.7. The zero-order valence-corrected chi connectivity index (χ0v) is 13.7. The van der Waals surface area contributed by atoms with Crippen molar-refractivity contribution >= 4 is 17.4 Å². The number of benzene rings is 1. The predicted molar refractivity (Wildman–Crippen MR) is 93.1 cm³/mol. The molecule has 1 saturated carbocycles. The van der Waals surface area contributed by atoms with Gasteiger partial charge >= 0.3 is 0 Å². The second-order valence-corrected chi connectivity index (χ2v) is 5.99. The Balaban J connectivity index is 1.58. The number of carbonyl (C=O) groups excluding carboxylic acids is 1. The first-order valence-corrected chi connectivity index (χ1v) is 8.24. The molecule has 0 aliphatic heterocycles. The lowest BCUT2D eigenvalue weighted by Crippen LogP contribution is -2.31. The van der Waals surface area contributed by atoms with Crippen LogP contribution in [0.5, 0.6) is 0 Å². The third kappa shape index (κ3) is 4.29. The Labute approximate surface area is 141 Å². The molecular weight excluding hydrogens is 304 g/mol. The second-order valence-electron chi connectivity index (χ2n) is 5.99. The van der Waals surface area contributed by atoms with Gasteiger partial charge in [-0.1, -0.05) is 18.2 Å². The SMILES string of the molecule is COC1CCCC(Nc2ccc(C(=O)Nc3ccccc3)nn2)C1. The van der Waals surface area contributed by atoms with Gasteiger partial charge in [-0.2, -0.15) is 0 Å². The van der Waals surface area contributed by atoms with E-state index in [2.05, 4.69) is 20.8 Å². The van der Waals surface area contributed by atoms with Gasteiger partial charge in [0.05, 0.1) is 6.10 Å². The Morgan fingerprint density at radius 3 is 2.67 bits per heavy atom. The quantitative estimate of drug-likeness (QED) is 0.883. The molecule has 3 rings (SSSR count). The van der Waals surface area contributed by atoms with Gasteiger partial charge in [-0.05, 0) is 49.9 Å². The van der Waals surface area contributed by atoms with Crippen LogP contribution in [0.25, 0.3) is 0 Å². The molecule has 2 atom stereocenters. The maximum atomic E-state index is 12.1. The smallest absolute Gasteiger partial charge is 0.276 e. The minimum atomic E-state index is -0.266. The highest BCUT2D eigenvalue weighted by Gasteiger charge is 2.22. The minimum Gasteiger partial charge on any atom is -0.381 e. The van der Waals surface area contributed by atoms with E-state index in [4.69, 9.17) is 4.74 Å². The molecule has 1 aliphatic rings. The molecule has 1 heterocycles. The molecule has 0 radical (unpaired) electrons. The first kappa shape index (κ1) is 16.4. The molecule has 2 unspecified atom stereocenters. The molecule has 126 valence electrons. The van der Waals surface area contributed by atoms with Gasteiger partial charge in [0.1, 0.15) is 5.82 Å². The minimum absolute atomic E-state index is 0.266. The molecule has 0 bridgehead atoms. The summed E-state index contributed by atoms with van der Waals surface area (Å²) < 4.78 is 5.44. The highest BCUT2D eigenvalue weighted by molar-refractivity contribution is 6.02. The summed E-state index contributed by atoms with van der Waals surface area (Å²) in [5.41, 5.74) is 1.03. The summed E-state index contributed by atoms with van der Waals surface area (Å²) in [6.07, 6.45) is 4.62. The van der Waals surface area contributed by atoms with Crippen LogP contribution in [0.1, 0.15) is 36.2 Å². The topological polar surface area (TPSA) is 76.1 Å². The summed E-state index contributed by atoms with van der Waals surface area (Å²) in [5, 5.41) is 14.3. The standard InChI is InChI=1S/C18H22N4O2/c1-24-15-9-5-8-14(12-15)19-17-11-10-16(21-22-17)18(23)20-13-6-3-2-4-7-13/h2-4,6-7,10-11,14-15H,5,8-9,12H2,1H3,(H,19,22)(H,20,23). The van der Waals surface area contributed by atoms with Gasteiger partial charge in [-0.25, -0.2) is 0 Å². The fourth-order valence-corrected chi connectivity index (χ4v) is 2.95. The van der Waals surface area contributed by atoms with E-state index < -0.39 is 0 Å². The summed E-state index contributed by atoms with van der Waals surface area (Å²) in [6.45, 7) is 0. The van der Waals surface area contributed by atoms with E-state index in [0.29, 0.717) is 23.7 Å². The fourth-order valence-electron chi connectivity index (χ4n) is 2.95. The normalized spacial score (nSPS) is 20.4. The molecule has 0 spiro atoms. The molecule has 1 aromatic carbocycles. The monoisotopic (exact) mass is 326 g/mol. The van der Waals surface area contributed by atoms with Gasteiger partial charge in [0.15, 0.2) is 5.69 Å². The van der Waals surface area contributed by atoms with Crippen molar-refractivity contribution in [3.05, 3.63) is 48.2 Å². The average Bonchev–Trinajstić information content (AvgIpc) is 2.63. The van der Waals surface area contributed by atoms with Gasteiger partial charge in [0.25, 0.3) is 5.91 Å². The Morgan fingerprint density at radius 1 is 1.12 bits per heavy atom. The van der Waals surface area contributed by atoms with Crippen molar-refractivity contribution in [3.63, 3.8) is 0 Å². The Morgan fingerprint density at radius 2 is 1.96 bits per heavy atom. The highest BCUT2D eigenvalue weighted by Crippen LogP contribution is 2.23. The average molecular weight is 326 g/mol. The van der Waals surface area contributed by atoms with Crippen LogP contribution < -0.4 is 10.6 Å². The van der Waals surface area contributed by atoms with Crippen molar-refractivity contribution in [2.75, 3.05) is 17.7 Å². The maximum absolute atomic E-state index is 12.1. The van der Waals surface area contributed by atoms with E-state index in [-0.39, 0.29) is 5.91 Å². The molecule has 2 N–H and O–H groups in total. The number of nitrogens with one attached hydrogen (secondary N) is 2. The number of rotatable bonds is 5. The summed E-state index contributed by atoms with van der Waals surface area (Å²) in [6, 6.07) is 13.1. The first-order chi connectivity index (χ1) is 11.7. The van der Waals surface area contributed by atoms with Crippen LogP contribution >= 0.6 is 0 Å². The number of hydrogen-bond acceptors (Lipinski definition) is 5. The van der Waals surface area contributed by atoms with E-state index >= 15 is 0 Å². The Hall–Kier alpha value is -2.47. The molecular formula is C18H22N4O2. The second kappa shape index (κ2) is 7.88. The van der Waals surface area contributed by atoms with Crippen molar-refractivity contribution in [2.24, 2.45) is 0 Å². The van der Waals surface area contributed by atoms with E-state index in [1.165, 1.54) is 0 Å². The zero-order chi connectivity index (χ0) is 16.8. The number of para-hydroxylation sites is 1. The number of ether oxygens (including phenoxy) is 1. The number of methoxy groups -OCH3 is 1. The third-order valence-electron chi connectivity index (χ3n) is 4.24. The lowest BCUT2D eigenvalue weighted by Gasteiger charge is -2.28. The summed E-state index contributed by atoms with van der Waals surface area (Å²) in [4.78, 5) is 12.1. The lowest BCUT2D eigenvalue weighted by molar-refractivity contribution is 0.0669. The van der Waals surface area contributed by atoms with Crippen LogP contribution in [-0.4, -0.2) is 35.4 Å². The molecule has 24 heavy (non-hydrogen) atoms. The van der Waals surface area contributed by atoms with E-state index in [9.17, 15) is 4.79 Å². The van der Waals surface area contributed by atoms with Crippen molar-refractivity contribution in [1.82, 2.24) is 10.2 Å². The van der Waals surface area contributed by atoms with E-state index in [1.807, 2.05) is 30.3 Å². The molecule has 1 aliphatic carbocycles. The van der Waals surface area contributed by atoms with Crippen LogP contribution in [0.15, 0.2) is 42.5 Å². The van der Waals surface area contributed by atoms with Crippen LogP contribution in [0.3, 0.4) is 0 Å². The van der Waals surface area contributed by atoms with Gasteiger partial charge in [-0.3, -0.25) is 4.79 Å². The summed E-state index contributed by atoms with van der Waals surface area (Å²) >= 11 is 0. The molecule has 1 aromatic heterocycles. The van der Waals surface area contributed by atoms with Crippen LogP contribution in [-0.2, 0) is 4.74 Å². The van der Waals surface area contributed by atoms with E-state index in [0.717, 1.165) is 31.4 Å². The number of amides is 1. The molecule has 1 amide bonds. The summed E-state index contributed by atoms with van der Waals surface area (Å²) in [5.74, 6) is 0.422. The number of carbonyl (C=O) groups is 1. The van der Waals surface area contributed by atoms with Crippen molar-refractivity contribution in [1.29, 1.82) is 0 Å². The van der Waals surface area contributed by atoms with Crippen LogP contribution in [0, 0.1) is 0 Å². The van der Waals surface area contributed by atoms with Crippen LogP contribution in [0.4, 0.5) is 11.5 Å². The summed E-state index contributed by atoms with van der Waals surface area (Å²) in [7, 11) is 1.76.